The van der Waals surface area contributed by atoms with Crippen molar-refractivity contribution in [2.75, 3.05) is 38.8 Å². The van der Waals surface area contributed by atoms with E-state index in [9.17, 15) is 0 Å². The van der Waals surface area contributed by atoms with Crippen LogP contribution in [0.2, 0.25) is 5.15 Å². The zero-order valence-electron chi connectivity index (χ0n) is 12.1. The number of hydrogen-bond donors (Lipinski definition) is 1. The molecular formula is C15H20ClN3O2. The Bertz CT molecular complexity index is 566. The Morgan fingerprint density at radius 1 is 1.05 bits per heavy atom. The summed E-state index contributed by atoms with van der Waals surface area (Å²) in [5, 5.41) is 13.7. The minimum atomic E-state index is 0.433. The summed E-state index contributed by atoms with van der Waals surface area (Å²) in [4.78, 5) is 0. The molecule has 2 rings (SSSR count). The van der Waals surface area contributed by atoms with Gasteiger partial charge in [0.15, 0.2) is 11.0 Å². The molecule has 5 nitrogen and oxygen atoms in total. The van der Waals surface area contributed by atoms with Crippen LogP contribution in [0.1, 0.15) is 12.8 Å². The van der Waals surface area contributed by atoms with Crippen LogP contribution in [0.25, 0.3) is 10.8 Å². The maximum Gasteiger partial charge on any atom is 0.159 e. The van der Waals surface area contributed by atoms with E-state index in [4.69, 9.17) is 21.1 Å². The van der Waals surface area contributed by atoms with Crippen molar-refractivity contribution in [2.45, 2.75) is 12.8 Å². The number of anilines is 1. The van der Waals surface area contributed by atoms with E-state index < -0.39 is 0 Å². The standard InChI is InChI=1S/C15H20ClN3O2/c1-20-10-11-21-9-5-4-8-17-15-13-7-3-2-6-12(13)14(16)18-19-15/h2-3,6-7H,4-5,8-11H2,1H3,(H,17,19). The summed E-state index contributed by atoms with van der Waals surface area (Å²) in [6.45, 7) is 2.87. The number of rotatable bonds is 9. The topological polar surface area (TPSA) is 56.3 Å². The number of hydrogen-bond acceptors (Lipinski definition) is 5. The molecule has 2 aromatic rings. The molecule has 0 saturated carbocycles. The minimum absolute atomic E-state index is 0.433. The van der Waals surface area contributed by atoms with E-state index in [2.05, 4.69) is 15.5 Å². The third-order valence-corrected chi connectivity index (χ3v) is 3.36. The molecule has 0 amide bonds. The first-order valence-electron chi connectivity index (χ1n) is 7.04. The number of nitrogens with one attached hydrogen (secondary N) is 1. The number of unbranched alkanes of at least 4 members (excludes halogenated alkanes) is 1. The van der Waals surface area contributed by atoms with E-state index in [0.29, 0.717) is 18.4 Å². The van der Waals surface area contributed by atoms with E-state index in [-0.39, 0.29) is 0 Å². The number of aromatic nitrogens is 2. The molecule has 1 aromatic heterocycles. The number of fused-ring (bicyclic) bond motifs is 1. The predicted molar refractivity (Wildman–Crippen MR) is 85.0 cm³/mol. The van der Waals surface area contributed by atoms with Crippen molar-refractivity contribution >= 4 is 28.2 Å². The second-order valence-corrected chi connectivity index (χ2v) is 4.98. The molecule has 0 saturated heterocycles. The average Bonchev–Trinajstić information content (AvgIpc) is 2.52. The Morgan fingerprint density at radius 3 is 2.67 bits per heavy atom. The van der Waals surface area contributed by atoms with Crippen molar-refractivity contribution in [2.24, 2.45) is 0 Å². The Balaban J connectivity index is 1.78. The van der Waals surface area contributed by atoms with Crippen LogP contribution in [-0.4, -0.2) is 43.7 Å². The van der Waals surface area contributed by atoms with Gasteiger partial charge in [0.25, 0.3) is 0 Å². The smallest absolute Gasteiger partial charge is 0.159 e. The Labute approximate surface area is 129 Å². The first kappa shape index (κ1) is 15.9. The monoisotopic (exact) mass is 309 g/mol. The van der Waals surface area contributed by atoms with Crippen molar-refractivity contribution in [3.8, 4) is 0 Å². The Hall–Kier alpha value is -1.43. The molecule has 0 aliphatic carbocycles. The largest absolute Gasteiger partial charge is 0.382 e. The SMILES string of the molecule is COCCOCCCCNc1nnc(Cl)c2ccccc12. The van der Waals surface area contributed by atoms with E-state index >= 15 is 0 Å². The first-order chi connectivity index (χ1) is 10.3. The Morgan fingerprint density at radius 2 is 1.86 bits per heavy atom. The summed E-state index contributed by atoms with van der Waals surface area (Å²) >= 11 is 6.05. The molecule has 0 atom stereocenters. The summed E-state index contributed by atoms with van der Waals surface area (Å²) in [7, 11) is 1.67. The summed E-state index contributed by atoms with van der Waals surface area (Å²) in [5.74, 6) is 0.773. The fourth-order valence-corrected chi connectivity index (χ4v) is 2.18. The number of benzene rings is 1. The van der Waals surface area contributed by atoms with Crippen LogP contribution in [0, 0.1) is 0 Å². The van der Waals surface area contributed by atoms with Gasteiger partial charge in [-0.25, -0.2) is 0 Å². The molecule has 6 heteroatoms. The van der Waals surface area contributed by atoms with Gasteiger partial charge < -0.3 is 14.8 Å². The van der Waals surface area contributed by atoms with Crippen molar-refractivity contribution in [1.82, 2.24) is 10.2 Å². The number of ether oxygens (including phenoxy) is 2. The van der Waals surface area contributed by atoms with Gasteiger partial charge >= 0.3 is 0 Å². The number of methoxy groups -OCH3 is 1. The molecule has 0 radical (unpaired) electrons. The molecule has 1 aromatic carbocycles. The lowest BCUT2D eigenvalue weighted by molar-refractivity contribution is 0.0691. The first-order valence-corrected chi connectivity index (χ1v) is 7.42. The lowest BCUT2D eigenvalue weighted by atomic mass is 10.2. The van der Waals surface area contributed by atoms with Gasteiger partial charge in [0.05, 0.1) is 13.2 Å². The molecule has 0 aliphatic heterocycles. The highest BCUT2D eigenvalue weighted by Crippen LogP contribution is 2.25. The lowest BCUT2D eigenvalue weighted by Gasteiger charge is -2.09. The van der Waals surface area contributed by atoms with Crippen molar-refractivity contribution in [3.63, 3.8) is 0 Å². The molecule has 0 spiro atoms. The van der Waals surface area contributed by atoms with Gasteiger partial charge in [-0.1, -0.05) is 35.9 Å². The maximum atomic E-state index is 6.05. The van der Waals surface area contributed by atoms with Crippen LogP contribution < -0.4 is 5.32 Å². The fourth-order valence-electron chi connectivity index (χ4n) is 1.98. The average molecular weight is 310 g/mol. The van der Waals surface area contributed by atoms with E-state index in [0.717, 1.165) is 42.6 Å². The van der Waals surface area contributed by atoms with E-state index in [1.165, 1.54) is 0 Å². The highest BCUT2D eigenvalue weighted by atomic mass is 35.5. The minimum Gasteiger partial charge on any atom is -0.382 e. The molecular weight excluding hydrogens is 290 g/mol. The zero-order chi connectivity index (χ0) is 14.9. The normalized spacial score (nSPS) is 11.0. The van der Waals surface area contributed by atoms with Crippen molar-refractivity contribution in [3.05, 3.63) is 29.4 Å². The summed E-state index contributed by atoms with van der Waals surface area (Å²) < 4.78 is 10.3. The van der Waals surface area contributed by atoms with Crippen molar-refractivity contribution in [1.29, 1.82) is 0 Å². The molecule has 21 heavy (non-hydrogen) atoms. The summed E-state index contributed by atoms with van der Waals surface area (Å²) in [5.41, 5.74) is 0. The van der Waals surface area contributed by atoms with Crippen LogP contribution in [0.4, 0.5) is 5.82 Å². The molecule has 0 bridgehead atoms. The van der Waals surface area contributed by atoms with Crippen molar-refractivity contribution < 1.29 is 9.47 Å². The molecule has 0 aliphatic rings. The highest BCUT2D eigenvalue weighted by Gasteiger charge is 2.06. The Kier molecular flexibility index (Phi) is 6.66. The van der Waals surface area contributed by atoms with Gasteiger partial charge in [-0.15, -0.1) is 10.2 Å². The van der Waals surface area contributed by atoms with Crippen LogP contribution >= 0.6 is 11.6 Å². The van der Waals surface area contributed by atoms with Gasteiger partial charge in [0, 0.05) is 31.0 Å². The molecule has 1 heterocycles. The molecule has 0 fully saturated rings. The third kappa shape index (κ3) is 4.81. The van der Waals surface area contributed by atoms with Crippen LogP contribution in [0.5, 0.6) is 0 Å². The zero-order valence-corrected chi connectivity index (χ0v) is 12.9. The lowest BCUT2D eigenvalue weighted by Crippen LogP contribution is -2.07. The molecule has 114 valence electrons. The predicted octanol–water partition coefficient (Wildman–Crippen LogP) is 3.14. The maximum absolute atomic E-state index is 6.05. The van der Waals surface area contributed by atoms with Gasteiger partial charge in [0.1, 0.15) is 0 Å². The van der Waals surface area contributed by atoms with E-state index in [1.807, 2.05) is 24.3 Å². The van der Waals surface area contributed by atoms with Gasteiger partial charge in [0.2, 0.25) is 0 Å². The van der Waals surface area contributed by atoms with Gasteiger partial charge in [-0.05, 0) is 12.8 Å². The summed E-state index contributed by atoms with van der Waals surface area (Å²) in [6.07, 6.45) is 2.00. The molecule has 0 unspecified atom stereocenters. The number of halogens is 1. The third-order valence-electron chi connectivity index (χ3n) is 3.08. The van der Waals surface area contributed by atoms with Crippen LogP contribution in [-0.2, 0) is 9.47 Å². The second kappa shape index (κ2) is 8.77. The number of nitrogens with zero attached hydrogens (tertiary/aromatic N) is 2. The van der Waals surface area contributed by atoms with Gasteiger partial charge in [-0.3, -0.25) is 0 Å². The van der Waals surface area contributed by atoms with Gasteiger partial charge in [-0.2, -0.15) is 0 Å². The summed E-state index contributed by atoms with van der Waals surface area (Å²) in [6, 6.07) is 7.85. The quantitative estimate of drug-likeness (QED) is 0.721. The highest BCUT2D eigenvalue weighted by molar-refractivity contribution is 6.34. The second-order valence-electron chi connectivity index (χ2n) is 4.62. The molecule has 1 N–H and O–H groups in total. The van der Waals surface area contributed by atoms with Crippen LogP contribution in [0.3, 0.4) is 0 Å². The fraction of sp³-hybridized carbons (Fsp3) is 0.467. The van der Waals surface area contributed by atoms with Crippen LogP contribution in [0.15, 0.2) is 24.3 Å². The van der Waals surface area contributed by atoms with E-state index in [1.54, 1.807) is 7.11 Å².